The lowest BCUT2D eigenvalue weighted by Crippen LogP contribution is -2.34. The van der Waals surface area contributed by atoms with E-state index in [0.29, 0.717) is 40.5 Å². The Morgan fingerprint density at radius 3 is 2.65 bits per heavy atom. The molecule has 0 atom stereocenters. The van der Waals surface area contributed by atoms with Crippen molar-refractivity contribution in [2.45, 2.75) is 6.54 Å². The van der Waals surface area contributed by atoms with Gasteiger partial charge in [-0.1, -0.05) is 23.7 Å². The molecule has 26 heavy (non-hydrogen) atoms. The van der Waals surface area contributed by atoms with Crippen molar-refractivity contribution in [2.75, 3.05) is 20.3 Å². The molecule has 1 amide bonds. The first-order valence-electron chi connectivity index (χ1n) is 8.10. The van der Waals surface area contributed by atoms with Crippen LogP contribution in [0.3, 0.4) is 0 Å². The van der Waals surface area contributed by atoms with Crippen molar-refractivity contribution < 1.29 is 9.53 Å². The fourth-order valence-corrected chi connectivity index (χ4v) is 2.75. The van der Waals surface area contributed by atoms with Crippen LogP contribution in [0.4, 0.5) is 0 Å². The van der Waals surface area contributed by atoms with Gasteiger partial charge in [0, 0.05) is 24.2 Å². The molecule has 7 heteroatoms. The maximum atomic E-state index is 12.8. The van der Waals surface area contributed by atoms with E-state index < -0.39 is 0 Å². The second kappa shape index (κ2) is 8.12. The molecule has 6 nitrogen and oxygen atoms in total. The van der Waals surface area contributed by atoms with Gasteiger partial charge in [0.05, 0.1) is 24.1 Å². The van der Waals surface area contributed by atoms with Crippen molar-refractivity contribution in [1.82, 2.24) is 14.9 Å². The number of hydrogen-bond donors (Lipinski definition) is 1. The summed E-state index contributed by atoms with van der Waals surface area (Å²) in [7, 11) is 1.57. The number of nitrogens with zero attached hydrogens (tertiary/aromatic N) is 2. The van der Waals surface area contributed by atoms with E-state index in [9.17, 15) is 9.59 Å². The Morgan fingerprint density at radius 1 is 1.19 bits per heavy atom. The number of H-pyrrole nitrogens is 1. The van der Waals surface area contributed by atoms with E-state index in [0.717, 1.165) is 0 Å². The highest BCUT2D eigenvalue weighted by molar-refractivity contribution is 6.30. The zero-order valence-corrected chi connectivity index (χ0v) is 15.0. The third-order valence-electron chi connectivity index (χ3n) is 3.95. The number of benzene rings is 2. The van der Waals surface area contributed by atoms with Crippen LogP contribution >= 0.6 is 11.6 Å². The smallest absolute Gasteiger partial charge is 0.258 e. The summed E-state index contributed by atoms with van der Waals surface area (Å²) in [5, 5.41) is 1.08. The van der Waals surface area contributed by atoms with Crippen LogP contribution in [-0.4, -0.2) is 41.0 Å². The second-order valence-corrected chi connectivity index (χ2v) is 6.19. The SMILES string of the molecule is COCCN(Cc1nc2ccccc2c(=O)[nH]1)C(=O)c1ccc(Cl)cc1. The number of aromatic amines is 1. The van der Waals surface area contributed by atoms with Gasteiger partial charge in [0.1, 0.15) is 5.82 Å². The van der Waals surface area contributed by atoms with Gasteiger partial charge < -0.3 is 14.6 Å². The van der Waals surface area contributed by atoms with Crippen molar-refractivity contribution in [1.29, 1.82) is 0 Å². The zero-order valence-electron chi connectivity index (χ0n) is 14.2. The van der Waals surface area contributed by atoms with Crippen molar-refractivity contribution in [3.8, 4) is 0 Å². The number of rotatable bonds is 6. The number of ether oxygens (including phenoxy) is 1. The van der Waals surface area contributed by atoms with E-state index in [4.69, 9.17) is 16.3 Å². The van der Waals surface area contributed by atoms with Crippen molar-refractivity contribution >= 4 is 28.4 Å². The highest BCUT2D eigenvalue weighted by Gasteiger charge is 2.17. The van der Waals surface area contributed by atoms with Gasteiger partial charge in [-0.15, -0.1) is 0 Å². The molecule has 0 radical (unpaired) electrons. The summed E-state index contributed by atoms with van der Waals surface area (Å²) in [4.78, 5) is 33.9. The number of nitrogens with one attached hydrogen (secondary N) is 1. The van der Waals surface area contributed by atoms with Gasteiger partial charge in [-0.05, 0) is 36.4 Å². The molecule has 0 saturated heterocycles. The molecule has 0 bridgehead atoms. The van der Waals surface area contributed by atoms with Crippen LogP contribution in [0.25, 0.3) is 10.9 Å². The summed E-state index contributed by atoms with van der Waals surface area (Å²) in [5.41, 5.74) is 0.877. The quantitative estimate of drug-likeness (QED) is 0.723. The molecule has 0 aliphatic heterocycles. The Morgan fingerprint density at radius 2 is 1.92 bits per heavy atom. The average molecular weight is 372 g/mol. The number of methoxy groups -OCH3 is 1. The molecule has 3 aromatic rings. The molecular weight excluding hydrogens is 354 g/mol. The highest BCUT2D eigenvalue weighted by atomic mass is 35.5. The topological polar surface area (TPSA) is 75.3 Å². The summed E-state index contributed by atoms with van der Waals surface area (Å²) in [6, 6.07) is 13.8. The number of para-hydroxylation sites is 1. The number of hydrogen-bond acceptors (Lipinski definition) is 4. The lowest BCUT2D eigenvalue weighted by atomic mass is 10.2. The summed E-state index contributed by atoms with van der Waals surface area (Å²) in [6.07, 6.45) is 0. The number of fused-ring (bicyclic) bond motifs is 1. The van der Waals surface area contributed by atoms with E-state index in [2.05, 4.69) is 9.97 Å². The van der Waals surface area contributed by atoms with E-state index in [1.54, 1.807) is 54.5 Å². The van der Waals surface area contributed by atoms with Crippen LogP contribution in [0.2, 0.25) is 5.02 Å². The first kappa shape index (κ1) is 18.1. The summed E-state index contributed by atoms with van der Waals surface area (Å²) >= 11 is 5.89. The van der Waals surface area contributed by atoms with Crippen LogP contribution in [0.15, 0.2) is 53.3 Å². The van der Waals surface area contributed by atoms with Crippen LogP contribution in [0.1, 0.15) is 16.2 Å². The van der Waals surface area contributed by atoms with Crippen LogP contribution in [0, 0.1) is 0 Å². The van der Waals surface area contributed by atoms with Gasteiger partial charge in [-0.3, -0.25) is 9.59 Å². The number of carbonyl (C=O) groups excluding carboxylic acids is 1. The predicted molar refractivity (Wildman–Crippen MR) is 100 cm³/mol. The lowest BCUT2D eigenvalue weighted by molar-refractivity contribution is 0.0675. The van der Waals surface area contributed by atoms with Gasteiger partial charge >= 0.3 is 0 Å². The Bertz CT molecular complexity index is 970. The number of amides is 1. The standard InChI is InChI=1S/C19H18ClN3O3/c1-26-11-10-23(19(25)13-6-8-14(20)9-7-13)12-17-21-16-5-3-2-4-15(16)18(24)22-17/h2-9H,10-12H2,1H3,(H,21,22,24). The van der Waals surface area contributed by atoms with Gasteiger partial charge in [0.2, 0.25) is 0 Å². The number of aromatic nitrogens is 2. The van der Waals surface area contributed by atoms with E-state index in [-0.39, 0.29) is 18.0 Å². The molecule has 1 N–H and O–H groups in total. The second-order valence-electron chi connectivity index (χ2n) is 5.76. The van der Waals surface area contributed by atoms with Crippen molar-refractivity contribution in [3.63, 3.8) is 0 Å². The van der Waals surface area contributed by atoms with E-state index >= 15 is 0 Å². The highest BCUT2D eigenvalue weighted by Crippen LogP contribution is 2.13. The first-order valence-corrected chi connectivity index (χ1v) is 8.48. The summed E-state index contributed by atoms with van der Waals surface area (Å²) in [6.45, 7) is 0.913. The van der Waals surface area contributed by atoms with Gasteiger partial charge in [-0.2, -0.15) is 0 Å². The molecule has 3 rings (SSSR count). The van der Waals surface area contributed by atoms with Gasteiger partial charge in [-0.25, -0.2) is 4.98 Å². The van der Waals surface area contributed by atoms with E-state index in [1.807, 2.05) is 6.07 Å². The minimum absolute atomic E-state index is 0.172. The average Bonchev–Trinajstić information content (AvgIpc) is 2.65. The van der Waals surface area contributed by atoms with Crippen LogP contribution < -0.4 is 5.56 Å². The third-order valence-corrected chi connectivity index (χ3v) is 4.20. The molecule has 134 valence electrons. The Labute approximate surface area is 155 Å². The molecule has 0 unspecified atom stereocenters. The number of halogens is 1. The summed E-state index contributed by atoms with van der Waals surface area (Å²) < 4.78 is 5.10. The fourth-order valence-electron chi connectivity index (χ4n) is 2.62. The molecule has 0 fully saturated rings. The largest absolute Gasteiger partial charge is 0.383 e. The maximum absolute atomic E-state index is 12.8. The molecular formula is C19H18ClN3O3. The van der Waals surface area contributed by atoms with E-state index in [1.165, 1.54) is 0 Å². The van der Waals surface area contributed by atoms with Gasteiger partial charge in [0.25, 0.3) is 11.5 Å². The monoisotopic (exact) mass is 371 g/mol. The normalized spacial score (nSPS) is 10.8. The molecule has 0 spiro atoms. The Hall–Kier alpha value is -2.70. The number of carbonyl (C=O) groups is 1. The minimum Gasteiger partial charge on any atom is -0.383 e. The zero-order chi connectivity index (χ0) is 18.5. The fraction of sp³-hybridized carbons (Fsp3) is 0.211. The van der Waals surface area contributed by atoms with Crippen LogP contribution in [-0.2, 0) is 11.3 Å². The maximum Gasteiger partial charge on any atom is 0.258 e. The predicted octanol–water partition coefficient (Wildman–Crippen LogP) is 2.87. The molecule has 0 saturated carbocycles. The Balaban J connectivity index is 1.89. The molecule has 0 aliphatic rings. The lowest BCUT2D eigenvalue weighted by Gasteiger charge is -2.22. The molecule has 2 aromatic carbocycles. The van der Waals surface area contributed by atoms with Crippen molar-refractivity contribution in [3.05, 3.63) is 75.3 Å². The molecule has 1 heterocycles. The Kier molecular flexibility index (Phi) is 5.65. The molecule has 0 aliphatic carbocycles. The minimum atomic E-state index is -0.226. The first-order chi connectivity index (χ1) is 12.6. The van der Waals surface area contributed by atoms with Crippen molar-refractivity contribution in [2.24, 2.45) is 0 Å². The third kappa shape index (κ3) is 4.09. The summed E-state index contributed by atoms with van der Waals surface area (Å²) in [5.74, 6) is 0.238. The van der Waals surface area contributed by atoms with Gasteiger partial charge in [0.15, 0.2) is 0 Å². The molecule has 1 aromatic heterocycles. The van der Waals surface area contributed by atoms with Crippen LogP contribution in [0.5, 0.6) is 0 Å².